The Morgan fingerprint density at radius 1 is 1.18 bits per heavy atom. The molecule has 1 aromatic carbocycles. The zero-order chi connectivity index (χ0) is 24.2. The molecule has 11 heteroatoms. The van der Waals surface area contributed by atoms with Crippen LogP contribution in [0.4, 0.5) is 5.00 Å². The van der Waals surface area contributed by atoms with Crippen LogP contribution in [0.25, 0.3) is 0 Å². The maximum absolute atomic E-state index is 12.7. The van der Waals surface area contributed by atoms with Crippen molar-refractivity contribution in [3.8, 4) is 11.5 Å². The number of nitrogens with one attached hydrogen (secondary N) is 1. The first-order valence-corrected chi connectivity index (χ1v) is 12.6. The summed E-state index contributed by atoms with van der Waals surface area (Å²) in [6.45, 7) is 1.89. The number of aromatic nitrogens is 3. The van der Waals surface area contributed by atoms with Crippen LogP contribution in [-0.4, -0.2) is 46.6 Å². The maximum Gasteiger partial charge on any atom is 0.341 e. The van der Waals surface area contributed by atoms with Gasteiger partial charge in [-0.15, -0.1) is 21.5 Å². The Bertz CT molecular complexity index is 1190. The summed E-state index contributed by atoms with van der Waals surface area (Å²) in [6.07, 6.45) is 2.43. The van der Waals surface area contributed by atoms with Gasteiger partial charge < -0.3 is 24.1 Å². The Hall–Kier alpha value is -3.05. The van der Waals surface area contributed by atoms with Crippen molar-refractivity contribution < 1.29 is 23.8 Å². The van der Waals surface area contributed by atoms with Crippen LogP contribution in [-0.2, 0) is 29.4 Å². The van der Waals surface area contributed by atoms with Crippen LogP contribution in [0, 0.1) is 0 Å². The minimum absolute atomic E-state index is 0.128. The molecule has 0 bridgehead atoms. The average Bonchev–Trinajstić information content (AvgIpc) is 3.52. The zero-order valence-electron chi connectivity index (χ0n) is 19.4. The van der Waals surface area contributed by atoms with E-state index in [2.05, 4.69) is 15.5 Å². The molecule has 4 rings (SSSR count). The first-order valence-electron chi connectivity index (χ1n) is 10.8. The third-order valence-electron chi connectivity index (χ3n) is 5.50. The van der Waals surface area contributed by atoms with Crippen molar-refractivity contribution in [3.05, 3.63) is 46.1 Å². The molecule has 0 saturated carbocycles. The number of hydrogen-bond acceptors (Lipinski definition) is 9. The number of fused-ring (bicyclic) bond motifs is 1. The van der Waals surface area contributed by atoms with Gasteiger partial charge >= 0.3 is 5.97 Å². The Morgan fingerprint density at radius 3 is 2.62 bits per heavy atom. The second kappa shape index (κ2) is 10.5. The molecule has 1 atom stereocenters. The lowest BCUT2D eigenvalue weighted by Gasteiger charge is -2.14. The molecule has 9 nitrogen and oxygen atoms in total. The second-order valence-electron chi connectivity index (χ2n) is 7.73. The van der Waals surface area contributed by atoms with Gasteiger partial charge in [-0.2, -0.15) is 0 Å². The third-order valence-corrected chi connectivity index (χ3v) is 7.73. The number of carbonyl (C=O) groups is 2. The fourth-order valence-corrected chi connectivity index (χ4v) is 5.83. The minimum atomic E-state index is -0.411. The standard InChI is InChI=1S/C23H26N4O5S2/c1-13(32-15-10-8-14(30-3)9-11-15)20-25-26-23(27(20)2)33-12-18(28)24-21-19(22(29)31-4)16-6-5-7-17(16)34-21/h8-11,13H,5-7,12H2,1-4H3,(H,24,28). The van der Waals surface area contributed by atoms with Gasteiger partial charge in [-0.05, 0) is 56.0 Å². The summed E-state index contributed by atoms with van der Waals surface area (Å²) in [7, 11) is 4.80. The Labute approximate surface area is 205 Å². The Balaban J connectivity index is 1.37. The SMILES string of the molecule is COC(=O)c1c(NC(=O)CSc2nnc(C(C)Oc3ccc(OC)cc3)n2C)sc2c1CCC2. The molecular formula is C23H26N4O5S2. The molecule has 0 aliphatic heterocycles. The van der Waals surface area contributed by atoms with E-state index in [0.717, 1.165) is 35.5 Å². The molecule has 1 unspecified atom stereocenters. The number of carbonyl (C=O) groups excluding carboxylic acids is 2. The summed E-state index contributed by atoms with van der Waals surface area (Å²) in [5, 5.41) is 12.5. The summed E-state index contributed by atoms with van der Waals surface area (Å²) in [5.74, 6) is 1.58. The van der Waals surface area contributed by atoms with Crippen molar-refractivity contribution in [2.75, 3.05) is 25.3 Å². The third kappa shape index (κ3) is 5.05. The number of benzene rings is 1. The van der Waals surface area contributed by atoms with Gasteiger partial charge in [0.1, 0.15) is 16.5 Å². The van der Waals surface area contributed by atoms with E-state index in [0.29, 0.717) is 27.3 Å². The van der Waals surface area contributed by atoms with Crippen LogP contribution in [0.3, 0.4) is 0 Å². The van der Waals surface area contributed by atoms with Gasteiger partial charge in [-0.3, -0.25) is 4.79 Å². The van der Waals surface area contributed by atoms with E-state index in [-0.39, 0.29) is 17.8 Å². The molecule has 0 saturated heterocycles. The van der Waals surface area contributed by atoms with Crippen molar-refractivity contribution >= 4 is 40.0 Å². The van der Waals surface area contributed by atoms with E-state index < -0.39 is 5.97 Å². The smallest absolute Gasteiger partial charge is 0.341 e. The maximum atomic E-state index is 12.7. The van der Waals surface area contributed by atoms with Gasteiger partial charge in [0.2, 0.25) is 5.91 Å². The predicted molar refractivity (Wildman–Crippen MR) is 130 cm³/mol. The summed E-state index contributed by atoms with van der Waals surface area (Å²) < 4.78 is 17.9. The number of ether oxygens (including phenoxy) is 3. The van der Waals surface area contributed by atoms with Gasteiger partial charge in [-0.25, -0.2) is 4.79 Å². The normalized spacial score (nSPS) is 13.3. The van der Waals surface area contributed by atoms with Gasteiger partial charge in [-0.1, -0.05) is 11.8 Å². The van der Waals surface area contributed by atoms with Crippen molar-refractivity contribution in [1.29, 1.82) is 0 Å². The average molecular weight is 503 g/mol. The van der Waals surface area contributed by atoms with Crippen LogP contribution in [0.5, 0.6) is 11.5 Å². The number of anilines is 1. The molecule has 1 aliphatic carbocycles. The Morgan fingerprint density at radius 2 is 1.91 bits per heavy atom. The van der Waals surface area contributed by atoms with Gasteiger partial charge in [0.25, 0.3) is 0 Å². The van der Waals surface area contributed by atoms with Crippen LogP contribution >= 0.6 is 23.1 Å². The summed E-state index contributed by atoms with van der Waals surface area (Å²) in [6, 6.07) is 7.31. The molecule has 0 fully saturated rings. The van der Waals surface area contributed by atoms with Gasteiger partial charge in [0, 0.05) is 11.9 Å². The summed E-state index contributed by atoms with van der Waals surface area (Å²) in [4.78, 5) is 26.1. The number of thioether (sulfide) groups is 1. The molecule has 2 heterocycles. The molecule has 180 valence electrons. The molecule has 1 N–H and O–H groups in total. The van der Waals surface area contributed by atoms with Crippen LogP contribution in [0.15, 0.2) is 29.4 Å². The number of thiophene rings is 1. The Kier molecular flexibility index (Phi) is 7.42. The number of esters is 1. The quantitative estimate of drug-likeness (QED) is 0.345. The highest BCUT2D eigenvalue weighted by molar-refractivity contribution is 7.99. The minimum Gasteiger partial charge on any atom is -0.497 e. The fourth-order valence-electron chi connectivity index (χ4n) is 3.82. The van der Waals surface area contributed by atoms with Crippen LogP contribution < -0.4 is 14.8 Å². The van der Waals surface area contributed by atoms with Crippen molar-refractivity contribution in [3.63, 3.8) is 0 Å². The van der Waals surface area contributed by atoms with Crippen molar-refractivity contribution in [2.24, 2.45) is 7.05 Å². The largest absolute Gasteiger partial charge is 0.497 e. The molecule has 1 amide bonds. The first-order chi connectivity index (χ1) is 16.4. The number of methoxy groups -OCH3 is 2. The second-order valence-corrected chi connectivity index (χ2v) is 9.77. The number of amides is 1. The lowest BCUT2D eigenvalue weighted by Crippen LogP contribution is -2.16. The molecule has 0 radical (unpaired) electrons. The van der Waals surface area contributed by atoms with Crippen molar-refractivity contribution in [2.45, 2.75) is 37.4 Å². The zero-order valence-corrected chi connectivity index (χ0v) is 21.0. The lowest BCUT2D eigenvalue weighted by atomic mass is 10.1. The molecule has 3 aromatic rings. The first kappa shape index (κ1) is 24.1. The van der Waals surface area contributed by atoms with E-state index >= 15 is 0 Å². The van der Waals surface area contributed by atoms with E-state index in [1.807, 2.05) is 42.8 Å². The molecule has 2 aromatic heterocycles. The van der Waals surface area contributed by atoms with Gasteiger partial charge in [0.15, 0.2) is 17.1 Å². The predicted octanol–water partition coefficient (Wildman–Crippen LogP) is 4.03. The van der Waals surface area contributed by atoms with Crippen LogP contribution in [0.1, 0.15) is 46.1 Å². The van der Waals surface area contributed by atoms with E-state index in [1.54, 1.807) is 7.11 Å². The molecule has 34 heavy (non-hydrogen) atoms. The van der Waals surface area contributed by atoms with E-state index in [9.17, 15) is 9.59 Å². The molecular weight excluding hydrogens is 476 g/mol. The number of aryl methyl sites for hydroxylation is 1. The molecule has 1 aliphatic rings. The number of rotatable bonds is 9. The monoisotopic (exact) mass is 502 g/mol. The summed E-state index contributed by atoms with van der Waals surface area (Å²) in [5.41, 5.74) is 1.49. The topological polar surface area (TPSA) is 105 Å². The highest BCUT2D eigenvalue weighted by Gasteiger charge is 2.28. The van der Waals surface area contributed by atoms with E-state index in [4.69, 9.17) is 14.2 Å². The highest BCUT2D eigenvalue weighted by Crippen LogP contribution is 2.39. The summed E-state index contributed by atoms with van der Waals surface area (Å²) >= 11 is 2.73. The van der Waals surface area contributed by atoms with Gasteiger partial charge in [0.05, 0.1) is 25.5 Å². The lowest BCUT2D eigenvalue weighted by molar-refractivity contribution is -0.113. The molecule has 0 spiro atoms. The highest BCUT2D eigenvalue weighted by atomic mass is 32.2. The van der Waals surface area contributed by atoms with Crippen molar-refractivity contribution in [1.82, 2.24) is 14.8 Å². The number of nitrogens with zero attached hydrogens (tertiary/aromatic N) is 3. The fraction of sp³-hybridized carbons (Fsp3) is 0.391. The van der Waals surface area contributed by atoms with E-state index in [1.165, 1.54) is 30.2 Å². The number of hydrogen-bond donors (Lipinski definition) is 1. The van der Waals surface area contributed by atoms with Crippen LogP contribution in [0.2, 0.25) is 0 Å².